The fourth-order valence-electron chi connectivity index (χ4n) is 1.74. The first kappa shape index (κ1) is 13.8. The molecule has 6 heteroatoms. The Morgan fingerprint density at radius 1 is 1.15 bits per heavy atom. The summed E-state index contributed by atoms with van der Waals surface area (Å²) < 4.78 is 1.58. The average molecular weight is 272 g/mol. The van der Waals surface area contributed by atoms with Crippen LogP contribution in [-0.4, -0.2) is 21.6 Å². The minimum Gasteiger partial charge on any atom is -0.326 e. The summed E-state index contributed by atoms with van der Waals surface area (Å²) in [4.78, 5) is 22.7. The molecule has 2 amide bonds. The molecule has 0 aliphatic heterocycles. The van der Waals surface area contributed by atoms with Crippen LogP contribution in [0.4, 0.5) is 11.4 Å². The van der Waals surface area contributed by atoms with E-state index in [4.69, 9.17) is 0 Å². The number of nitrogens with one attached hydrogen (secondary N) is 2. The normalized spacial score (nSPS) is 10.1. The lowest BCUT2D eigenvalue weighted by Gasteiger charge is -2.07. The highest BCUT2D eigenvalue weighted by molar-refractivity contribution is 5.92. The van der Waals surface area contributed by atoms with E-state index < -0.39 is 0 Å². The van der Waals surface area contributed by atoms with Crippen molar-refractivity contribution in [2.45, 2.75) is 20.4 Å². The predicted octanol–water partition coefficient (Wildman–Crippen LogP) is 1.79. The van der Waals surface area contributed by atoms with Gasteiger partial charge in [0, 0.05) is 24.5 Å². The molecule has 0 aliphatic carbocycles. The first-order valence-corrected chi connectivity index (χ1v) is 6.19. The van der Waals surface area contributed by atoms with Gasteiger partial charge < -0.3 is 10.6 Å². The highest BCUT2D eigenvalue weighted by Crippen LogP contribution is 2.13. The van der Waals surface area contributed by atoms with Gasteiger partial charge in [0.25, 0.3) is 0 Å². The van der Waals surface area contributed by atoms with Crippen LogP contribution in [0.5, 0.6) is 0 Å². The summed E-state index contributed by atoms with van der Waals surface area (Å²) in [6.45, 7) is 3.53. The Kier molecular flexibility index (Phi) is 4.14. The Hall–Kier alpha value is -2.63. The van der Waals surface area contributed by atoms with Crippen molar-refractivity contribution in [2.75, 3.05) is 10.6 Å². The molecule has 1 heterocycles. The van der Waals surface area contributed by atoms with Gasteiger partial charge >= 0.3 is 0 Å². The van der Waals surface area contributed by atoms with E-state index in [0.717, 1.165) is 5.56 Å². The number of benzene rings is 1. The molecule has 0 radical (unpaired) electrons. The van der Waals surface area contributed by atoms with Crippen molar-refractivity contribution >= 4 is 23.2 Å². The maximum atomic E-state index is 11.8. The molecule has 1 aromatic carbocycles. The number of amides is 2. The third-order valence-corrected chi connectivity index (χ3v) is 2.56. The van der Waals surface area contributed by atoms with Gasteiger partial charge in [-0.15, -0.1) is 0 Å². The zero-order valence-corrected chi connectivity index (χ0v) is 11.4. The summed E-state index contributed by atoms with van der Waals surface area (Å²) in [5, 5.41) is 9.48. The maximum Gasteiger partial charge on any atom is 0.246 e. The van der Waals surface area contributed by atoms with Crippen LogP contribution in [0.25, 0.3) is 0 Å². The number of nitrogens with zero attached hydrogens (tertiary/aromatic N) is 2. The van der Waals surface area contributed by atoms with Crippen LogP contribution in [-0.2, 0) is 16.1 Å². The second kappa shape index (κ2) is 6.01. The predicted molar refractivity (Wildman–Crippen MR) is 76.3 cm³/mol. The molecule has 6 nitrogen and oxygen atoms in total. The van der Waals surface area contributed by atoms with E-state index in [9.17, 15) is 9.59 Å². The van der Waals surface area contributed by atoms with E-state index in [1.165, 1.54) is 6.92 Å². The van der Waals surface area contributed by atoms with Crippen molar-refractivity contribution < 1.29 is 9.59 Å². The van der Waals surface area contributed by atoms with Crippen LogP contribution in [0.1, 0.15) is 12.5 Å². The molecule has 2 aromatic rings. The van der Waals surface area contributed by atoms with Gasteiger partial charge in [-0.25, -0.2) is 0 Å². The smallest absolute Gasteiger partial charge is 0.246 e. The van der Waals surface area contributed by atoms with Crippen molar-refractivity contribution in [3.05, 3.63) is 42.2 Å². The highest BCUT2D eigenvalue weighted by Gasteiger charge is 2.04. The number of aromatic nitrogens is 2. The molecule has 0 bridgehead atoms. The number of carbonyl (C=O) groups is 2. The number of aryl methyl sites for hydroxylation is 1. The van der Waals surface area contributed by atoms with Crippen LogP contribution in [0.3, 0.4) is 0 Å². The minimum atomic E-state index is -0.152. The number of anilines is 2. The summed E-state index contributed by atoms with van der Waals surface area (Å²) in [5.74, 6) is -0.281. The van der Waals surface area contributed by atoms with Crippen LogP contribution in [0.2, 0.25) is 0 Å². The largest absolute Gasteiger partial charge is 0.326 e. The number of carbonyl (C=O) groups excluding carboxylic acids is 2. The van der Waals surface area contributed by atoms with Crippen molar-refractivity contribution in [2.24, 2.45) is 0 Å². The van der Waals surface area contributed by atoms with E-state index in [0.29, 0.717) is 11.4 Å². The lowest BCUT2D eigenvalue weighted by atomic mass is 10.2. The third kappa shape index (κ3) is 3.94. The molecule has 20 heavy (non-hydrogen) atoms. The highest BCUT2D eigenvalue weighted by atomic mass is 16.2. The maximum absolute atomic E-state index is 11.8. The van der Waals surface area contributed by atoms with Gasteiger partial charge in [-0.05, 0) is 36.8 Å². The van der Waals surface area contributed by atoms with Crippen LogP contribution < -0.4 is 10.6 Å². The molecule has 0 spiro atoms. The molecular weight excluding hydrogens is 256 g/mol. The summed E-state index contributed by atoms with van der Waals surface area (Å²) in [5.41, 5.74) is 2.38. The van der Waals surface area contributed by atoms with Gasteiger partial charge in [0.2, 0.25) is 11.8 Å². The van der Waals surface area contributed by atoms with Crippen molar-refractivity contribution in [3.63, 3.8) is 0 Å². The van der Waals surface area contributed by atoms with Crippen molar-refractivity contribution in [1.82, 2.24) is 9.78 Å². The lowest BCUT2D eigenvalue weighted by Crippen LogP contribution is -2.19. The fourth-order valence-corrected chi connectivity index (χ4v) is 1.74. The number of hydrogen-bond acceptors (Lipinski definition) is 3. The van der Waals surface area contributed by atoms with Gasteiger partial charge in [0.15, 0.2) is 0 Å². The Bertz CT molecular complexity index is 616. The Labute approximate surface area is 116 Å². The van der Waals surface area contributed by atoms with Gasteiger partial charge in [-0.1, -0.05) is 0 Å². The molecule has 0 aliphatic rings. The zero-order valence-electron chi connectivity index (χ0n) is 11.4. The zero-order chi connectivity index (χ0) is 14.5. The van der Waals surface area contributed by atoms with E-state index in [1.54, 1.807) is 41.3 Å². The minimum absolute atomic E-state index is 0.129. The molecule has 1 aromatic heterocycles. The Morgan fingerprint density at radius 2 is 1.75 bits per heavy atom. The van der Waals surface area contributed by atoms with Crippen molar-refractivity contribution in [3.8, 4) is 0 Å². The topological polar surface area (TPSA) is 76.0 Å². The molecule has 0 atom stereocenters. The van der Waals surface area contributed by atoms with E-state index >= 15 is 0 Å². The first-order valence-electron chi connectivity index (χ1n) is 6.19. The SMILES string of the molecule is CC(=O)Nc1ccc(NC(=O)Cn2cc(C)cn2)cc1. The van der Waals surface area contributed by atoms with Gasteiger partial charge in [0.1, 0.15) is 6.54 Å². The first-order chi connectivity index (χ1) is 9.52. The van der Waals surface area contributed by atoms with Crippen LogP contribution >= 0.6 is 0 Å². The van der Waals surface area contributed by atoms with Gasteiger partial charge in [-0.2, -0.15) is 5.10 Å². The number of hydrogen-bond donors (Lipinski definition) is 2. The van der Waals surface area contributed by atoms with E-state index in [1.807, 2.05) is 6.92 Å². The molecule has 2 rings (SSSR count). The Balaban J connectivity index is 1.92. The summed E-state index contributed by atoms with van der Waals surface area (Å²) >= 11 is 0. The summed E-state index contributed by atoms with van der Waals surface area (Å²) in [7, 11) is 0. The van der Waals surface area contributed by atoms with Gasteiger partial charge in [-0.3, -0.25) is 14.3 Å². The molecule has 0 unspecified atom stereocenters. The molecular formula is C14H16N4O2. The van der Waals surface area contributed by atoms with Crippen molar-refractivity contribution in [1.29, 1.82) is 0 Å². The second-order valence-electron chi connectivity index (χ2n) is 4.52. The van der Waals surface area contributed by atoms with Crippen LogP contribution in [0.15, 0.2) is 36.7 Å². The molecule has 104 valence electrons. The monoisotopic (exact) mass is 272 g/mol. The fraction of sp³-hybridized carbons (Fsp3) is 0.214. The average Bonchev–Trinajstić information content (AvgIpc) is 2.76. The number of rotatable bonds is 4. The van der Waals surface area contributed by atoms with E-state index in [2.05, 4.69) is 15.7 Å². The molecule has 0 saturated carbocycles. The standard InChI is InChI=1S/C14H16N4O2/c1-10-7-15-18(8-10)9-14(20)17-13-5-3-12(4-6-13)16-11(2)19/h3-8H,9H2,1-2H3,(H,16,19)(H,17,20). The molecule has 0 saturated heterocycles. The van der Waals surface area contributed by atoms with E-state index in [-0.39, 0.29) is 18.4 Å². The second-order valence-corrected chi connectivity index (χ2v) is 4.52. The van der Waals surface area contributed by atoms with Gasteiger partial charge in [0.05, 0.1) is 6.20 Å². The third-order valence-electron chi connectivity index (χ3n) is 2.56. The Morgan fingerprint density at radius 3 is 2.25 bits per heavy atom. The lowest BCUT2D eigenvalue weighted by molar-refractivity contribution is -0.117. The molecule has 2 N–H and O–H groups in total. The summed E-state index contributed by atoms with van der Waals surface area (Å²) in [6.07, 6.45) is 3.51. The van der Waals surface area contributed by atoms with Crippen LogP contribution in [0, 0.1) is 6.92 Å². The summed E-state index contributed by atoms with van der Waals surface area (Å²) in [6, 6.07) is 6.93. The molecule has 0 fully saturated rings. The quantitative estimate of drug-likeness (QED) is 0.891.